The van der Waals surface area contributed by atoms with E-state index >= 15 is 0 Å². The third-order valence-corrected chi connectivity index (χ3v) is 6.87. The van der Waals surface area contributed by atoms with Gasteiger partial charge in [-0.1, -0.05) is 42.5 Å². The fourth-order valence-corrected chi connectivity index (χ4v) is 4.74. The minimum Gasteiger partial charge on any atom is -0.493 e. The first-order valence-corrected chi connectivity index (χ1v) is 13.9. The van der Waals surface area contributed by atoms with Gasteiger partial charge in [0, 0.05) is 33.3 Å². The van der Waals surface area contributed by atoms with Crippen molar-refractivity contribution in [1.82, 2.24) is 10.3 Å². The predicted molar refractivity (Wildman–Crippen MR) is 156 cm³/mol. The first kappa shape index (κ1) is 27.6. The Kier molecular flexibility index (Phi) is 9.87. The van der Waals surface area contributed by atoms with E-state index in [2.05, 4.69) is 20.9 Å². The molecule has 0 aliphatic heterocycles. The van der Waals surface area contributed by atoms with Crippen molar-refractivity contribution in [2.45, 2.75) is 11.8 Å². The number of carbonyl (C=O) groups excluding carboxylic acids is 3. The Balaban J connectivity index is 1.50. The molecule has 8 nitrogen and oxygen atoms in total. The average molecular weight is 559 g/mol. The molecular weight excluding hydrogens is 532 g/mol. The van der Waals surface area contributed by atoms with Gasteiger partial charge in [0.1, 0.15) is 11.4 Å². The number of carbonyl (C=O) groups is 3. The number of ether oxygens (including phenoxy) is 1. The number of hydrogen-bond acceptors (Lipinski definition) is 7. The van der Waals surface area contributed by atoms with Gasteiger partial charge in [0.15, 0.2) is 5.13 Å². The molecule has 0 fully saturated rings. The van der Waals surface area contributed by atoms with Gasteiger partial charge in [-0.2, -0.15) is 0 Å². The van der Waals surface area contributed by atoms with Gasteiger partial charge in [-0.25, -0.2) is 4.98 Å². The van der Waals surface area contributed by atoms with Crippen LogP contribution in [0.15, 0.2) is 101 Å². The molecule has 1 aromatic heterocycles. The fraction of sp³-hybridized carbons (Fsp3) is 0.103. The number of nitrogens with one attached hydrogen (secondary N) is 3. The maximum atomic E-state index is 13.4. The second-order valence-corrected chi connectivity index (χ2v) is 9.95. The smallest absolute Gasteiger partial charge is 0.272 e. The second-order valence-electron chi connectivity index (χ2n) is 8.01. The highest BCUT2D eigenvalue weighted by Gasteiger charge is 2.16. The highest BCUT2D eigenvalue weighted by atomic mass is 32.2. The van der Waals surface area contributed by atoms with Crippen molar-refractivity contribution < 1.29 is 19.1 Å². The van der Waals surface area contributed by atoms with Gasteiger partial charge in [0.25, 0.3) is 11.8 Å². The Morgan fingerprint density at radius 2 is 1.77 bits per heavy atom. The van der Waals surface area contributed by atoms with Crippen LogP contribution in [0.5, 0.6) is 5.75 Å². The Bertz CT molecular complexity index is 1460. The van der Waals surface area contributed by atoms with Gasteiger partial charge < -0.3 is 20.7 Å². The summed E-state index contributed by atoms with van der Waals surface area (Å²) < 4.78 is 5.69. The van der Waals surface area contributed by atoms with E-state index in [9.17, 15) is 14.4 Å². The van der Waals surface area contributed by atoms with Crippen molar-refractivity contribution in [1.29, 1.82) is 0 Å². The molecule has 0 atom stereocenters. The van der Waals surface area contributed by atoms with E-state index in [0.29, 0.717) is 34.3 Å². The predicted octanol–water partition coefficient (Wildman–Crippen LogP) is 5.68. The molecule has 0 saturated carbocycles. The number of para-hydroxylation sites is 1. The van der Waals surface area contributed by atoms with Crippen LogP contribution in [0, 0.1) is 0 Å². The zero-order chi connectivity index (χ0) is 27.5. The van der Waals surface area contributed by atoms with Crippen molar-refractivity contribution in [3.8, 4) is 5.75 Å². The summed E-state index contributed by atoms with van der Waals surface area (Å²) in [5.41, 5.74) is 1.64. The number of anilines is 2. The SMILES string of the molecule is CCOc1ccccc1/C=C(/NC(=O)c1ccccc1)C(=O)Nc1cccc(SCC(=O)Nc2nccs2)c1. The number of rotatable bonds is 11. The van der Waals surface area contributed by atoms with E-state index in [1.807, 2.05) is 31.2 Å². The Hall–Kier alpha value is -4.41. The summed E-state index contributed by atoms with van der Waals surface area (Å²) in [4.78, 5) is 43.4. The summed E-state index contributed by atoms with van der Waals surface area (Å²) in [7, 11) is 0. The first-order chi connectivity index (χ1) is 19.0. The molecule has 4 rings (SSSR count). The zero-order valence-corrected chi connectivity index (χ0v) is 22.7. The minimum atomic E-state index is -0.505. The molecule has 0 bridgehead atoms. The number of thiazole rings is 1. The molecule has 3 aromatic carbocycles. The van der Waals surface area contributed by atoms with E-state index in [4.69, 9.17) is 4.74 Å². The third-order valence-electron chi connectivity index (χ3n) is 5.19. The quantitative estimate of drug-likeness (QED) is 0.161. The molecule has 0 aliphatic carbocycles. The number of thioether (sulfide) groups is 1. The Morgan fingerprint density at radius 3 is 2.54 bits per heavy atom. The number of hydrogen-bond donors (Lipinski definition) is 3. The van der Waals surface area contributed by atoms with E-state index in [1.54, 1.807) is 72.3 Å². The monoisotopic (exact) mass is 558 g/mol. The topological polar surface area (TPSA) is 109 Å². The third kappa shape index (κ3) is 8.29. The number of amides is 3. The average Bonchev–Trinajstić information content (AvgIpc) is 3.46. The maximum absolute atomic E-state index is 13.4. The van der Waals surface area contributed by atoms with Crippen molar-refractivity contribution in [2.24, 2.45) is 0 Å². The summed E-state index contributed by atoms with van der Waals surface area (Å²) in [5.74, 6) is -0.320. The van der Waals surface area contributed by atoms with Crippen LogP contribution in [0.1, 0.15) is 22.8 Å². The lowest BCUT2D eigenvalue weighted by Gasteiger charge is -2.13. The van der Waals surface area contributed by atoms with E-state index in [0.717, 1.165) is 4.90 Å². The van der Waals surface area contributed by atoms with E-state index < -0.39 is 11.8 Å². The van der Waals surface area contributed by atoms with Crippen LogP contribution >= 0.6 is 23.1 Å². The summed E-state index contributed by atoms with van der Waals surface area (Å²) in [6, 6.07) is 23.1. The molecule has 198 valence electrons. The molecule has 0 spiro atoms. The molecule has 0 saturated heterocycles. The van der Waals surface area contributed by atoms with Crippen LogP contribution in [0.2, 0.25) is 0 Å². The normalized spacial score (nSPS) is 10.9. The standard InChI is InChI=1S/C29H26N4O4S2/c1-2-37-25-14-7-6-11-21(25)17-24(32-27(35)20-9-4-3-5-10-20)28(36)31-22-12-8-13-23(18-22)39-19-26(34)33-29-30-15-16-38-29/h3-18H,2,19H2,1H3,(H,31,36)(H,32,35)(H,30,33,34)/b24-17+. The van der Waals surface area contributed by atoms with Gasteiger partial charge in [0.2, 0.25) is 5.91 Å². The highest BCUT2D eigenvalue weighted by molar-refractivity contribution is 8.00. The maximum Gasteiger partial charge on any atom is 0.272 e. The molecule has 4 aromatic rings. The van der Waals surface area contributed by atoms with Gasteiger partial charge in [-0.3, -0.25) is 14.4 Å². The summed E-state index contributed by atoms with van der Waals surface area (Å²) in [6.07, 6.45) is 3.21. The van der Waals surface area contributed by atoms with Gasteiger partial charge in [-0.15, -0.1) is 23.1 Å². The summed E-state index contributed by atoms with van der Waals surface area (Å²) in [6.45, 7) is 2.33. The summed E-state index contributed by atoms with van der Waals surface area (Å²) >= 11 is 2.68. The van der Waals surface area contributed by atoms with Gasteiger partial charge >= 0.3 is 0 Å². The van der Waals surface area contributed by atoms with Gasteiger partial charge in [-0.05, 0) is 49.4 Å². The molecule has 10 heteroatoms. The number of nitrogens with zero attached hydrogens (tertiary/aromatic N) is 1. The molecule has 1 heterocycles. The lowest BCUT2D eigenvalue weighted by atomic mass is 10.1. The highest BCUT2D eigenvalue weighted by Crippen LogP contribution is 2.24. The summed E-state index contributed by atoms with van der Waals surface area (Å²) in [5, 5.41) is 10.7. The van der Waals surface area contributed by atoms with Crippen LogP contribution in [-0.2, 0) is 9.59 Å². The zero-order valence-electron chi connectivity index (χ0n) is 21.0. The van der Waals surface area contributed by atoms with Crippen molar-refractivity contribution in [3.63, 3.8) is 0 Å². The number of benzene rings is 3. The molecular formula is C29H26N4O4S2. The number of aromatic nitrogens is 1. The Labute approximate surface area is 234 Å². The fourth-order valence-electron chi connectivity index (χ4n) is 3.44. The lowest BCUT2D eigenvalue weighted by molar-refractivity contribution is -0.114. The molecule has 3 N–H and O–H groups in total. The second kappa shape index (κ2) is 13.9. The minimum absolute atomic E-state index is 0.0527. The molecule has 0 aliphatic rings. The van der Waals surface area contributed by atoms with Crippen LogP contribution in [0.25, 0.3) is 6.08 Å². The first-order valence-electron chi connectivity index (χ1n) is 12.1. The van der Waals surface area contributed by atoms with E-state index in [-0.39, 0.29) is 17.4 Å². The van der Waals surface area contributed by atoms with Crippen molar-refractivity contribution >= 4 is 57.7 Å². The Morgan fingerprint density at radius 1 is 0.974 bits per heavy atom. The van der Waals surface area contributed by atoms with Crippen LogP contribution in [0.3, 0.4) is 0 Å². The van der Waals surface area contributed by atoms with E-state index in [1.165, 1.54) is 23.1 Å². The van der Waals surface area contributed by atoms with Crippen LogP contribution < -0.4 is 20.7 Å². The lowest BCUT2D eigenvalue weighted by Crippen LogP contribution is -2.30. The van der Waals surface area contributed by atoms with Gasteiger partial charge in [0.05, 0.1) is 12.4 Å². The van der Waals surface area contributed by atoms with Crippen molar-refractivity contribution in [3.05, 3.63) is 107 Å². The largest absolute Gasteiger partial charge is 0.493 e. The molecule has 3 amide bonds. The van der Waals surface area contributed by atoms with Crippen molar-refractivity contribution in [2.75, 3.05) is 23.0 Å². The molecule has 39 heavy (non-hydrogen) atoms. The molecule has 0 radical (unpaired) electrons. The molecule has 0 unspecified atom stereocenters. The van der Waals surface area contributed by atoms with Crippen LogP contribution in [-0.4, -0.2) is 35.1 Å². The van der Waals surface area contributed by atoms with Crippen LogP contribution in [0.4, 0.5) is 10.8 Å².